The minimum Gasteiger partial charge on any atom is -0.273 e. The third-order valence-electron chi connectivity index (χ3n) is 5.64. The van der Waals surface area contributed by atoms with E-state index in [9.17, 15) is 24.1 Å². The van der Waals surface area contributed by atoms with Crippen LogP contribution in [0.5, 0.6) is 0 Å². The second-order valence-corrected chi connectivity index (χ2v) is 7.50. The first kappa shape index (κ1) is 19.8. The average molecular weight is 433 g/mol. The van der Waals surface area contributed by atoms with Gasteiger partial charge in [0.15, 0.2) is 6.10 Å². The van der Waals surface area contributed by atoms with Crippen molar-refractivity contribution in [3.8, 4) is 0 Å². The number of nitro benzene ring substituents is 1. The Morgan fingerprint density at radius 3 is 2.28 bits per heavy atom. The van der Waals surface area contributed by atoms with E-state index in [1.165, 1.54) is 47.5 Å². The largest absolute Gasteiger partial charge is 0.273 e. The summed E-state index contributed by atoms with van der Waals surface area (Å²) < 4.78 is 13.3. The lowest BCUT2D eigenvalue weighted by Crippen LogP contribution is -2.37. The van der Waals surface area contributed by atoms with Gasteiger partial charge < -0.3 is 0 Å². The van der Waals surface area contributed by atoms with Crippen molar-refractivity contribution < 1.29 is 23.7 Å². The summed E-state index contributed by atoms with van der Waals surface area (Å²) in [5.41, 5.74) is 1.19. The van der Waals surface area contributed by atoms with Crippen LogP contribution < -0.4 is 9.96 Å². The van der Waals surface area contributed by atoms with E-state index in [2.05, 4.69) is 0 Å². The van der Waals surface area contributed by atoms with Crippen molar-refractivity contribution >= 4 is 28.9 Å². The first-order valence-corrected chi connectivity index (χ1v) is 9.84. The number of carbonyl (C=O) groups excluding carboxylic acids is 2. The van der Waals surface area contributed by atoms with E-state index in [4.69, 9.17) is 4.84 Å². The molecule has 0 N–H and O–H groups in total. The van der Waals surface area contributed by atoms with E-state index in [-0.39, 0.29) is 11.4 Å². The lowest BCUT2D eigenvalue weighted by atomic mass is 9.90. The lowest BCUT2D eigenvalue weighted by molar-refractivity contribution is -0.384. The highest BCUT2D eigenvalue weighted by Gasteiger charge is 2.60. The molecular formula is C23H16FN3O5. The molecule has 2 amide bonds. The number of hydroxylamine groups is 1. The van der Waals surface area contributed by atoms with Gasteiger partial charge in [-0.25, -0.2) is 14.4 Å². The molecule has 160 valence electrons. The number of fused-ring (bicyclic) bond motifs is 1. The van der Waals surface area contributed by atoms with Crippen molar-refractivity contribution in [1.29, 1.82) is 0 Å². The fraction of sp³-hybridized carbons (Fsp3) is 0.130. The molecular weight excluding hydrogens is 417 g/mol. The monoisotopic (exact) mass is 433 g/mol. The SMILES string of the molecule is O=C1[C@H]2[C@@H](ON(c3cccc([N+](=O)[O-])c3)[C@H]2c2ccccc2)C(=O)N1c1ccc(F)cc1. The Bertz CT molecular complexity index is 1220. The zero-order chi connectivity index (χ0) is 22.4. The first-order valence-electron chi connectivity index (χ1n) is 9.84. The number of anilines is 2. The molecule has 3 aromatic carbocycles. The van der Waals surface area contributed by atoms with E-state index >= 15 is 0 Å². The molecule has 0 aromatic heterocycles. The summed E-state index contributed by atoms with van der Waals surface area (Å²) in [5, 5.41) is 12.6. The van der Waals surface area contributed by atoms with Gasteiger partial charge >= 0.3 is 0 Å². The van der Waals surface area contributed by atoms with Gasteiger partial charge in [-0.05, 0) is 35.9 Å². The number of hydrogen-bond acceptors (Lipinski definition) is 6. The minimum absolute atomic E-state index is 0.138. The van der Waals surface area contributed by atoms with E-state index in [1.807, 2.05) is 6.07 Å². The quantitative estimate of drug-likeness (QED) is 0.353. The molecule has 0 aliphatic carbocycles. The van der Waals surface area contributed by atoms with Gasteiger partial charge in [0.25, 0.3) is 11.6 Å². The molecule has 5 rings (SSSR count). The van der Waals surface area contributed by atoms with Crippen molar-refractivity contribution in [2.24, 2.45) is 5.92 Å². The van der Waals surface area contributed by atoms with Crippen molar-refractivity contribution in [3.05, 3.63) is 100 Å². The van der Waals surface area contributed by atoms with Crippen LogP contribution in [-0.2, 0) is 14.4 Å². The van der Waals surface area contributed by atoms with Crippen LogP contribution in [0.2, 0.25) is 0 Å². The molecule has 2 aliphatic heterocycles. The van der Waals surface area contributed by atoms with Gasteiger partial charge in [0, 0.05) is 12.1 Å². The highest BCUT2D eigenvalue weighted by Crippen LogP contribution is 2.47. The molecule has 9 heteroatoms. The van der Waals surface area contributed by atoms with Crippen LogP contribution in [-0.4, -0.2) is 22.8 Å². The Morgan fingerprint density at radius 2 is 1.59 bits per heavy atom. The van der Waals surface area contributed by atoms with Crippen molar-refractivity contribution in [2.75, 3.05) is 9.96 Å². The Hall–Kier alpha value is -4.11. The third-order valence-corrected chi connectivity index (χ3v) is 5.64. The Balaban J connectivity index is 1.58. The highest BCUT2D eigenvalue weighted by molar-refractivity contribution is 6.23. The predicted molar refractivity (Wildman–Crippen MR) is 112 cm³/mol. The van der Waals surface area contributed by atoms with Gasteiger partial charge in [-0.3, -0.25) is 24.5 Å². The molecule has 0 bridgehead atoms. The number of benzene rings is 3. The van der Waals surface area contributed by atoms with Crippen LogP contribution in [0.15, 0.2) is 78.9 Å². The summed E-state index contributed by atoms with van der Waals surface area (Å²) >= 11 is 0. The van der Waals surface area contributed by atoms with Crippen LogP contribution in [0, 0.1) is 21.8 Å². The molecule has 2 fully saturated rings. The Morgan fingerprint density at radius 1 is 0.875 bits per heavy atom. The first-order chi connectivity index (χ1) is 15.5. The standard InChI is InChI=1S/C23H16FN3O5/c24-15-9-11-16(12-10-15)25-22(28)19-20(14-5-2-1-3-6-14)26(32-21(19)23(25)29)17-7-4-8-18(13-17)27(30)31/h1-13,19-21H/t19-,20+,21-/m1/s1. The summed E-state index contributed by atoms with van der Waals surface area (Å²) in [6, 6.07) is 19.2. The van der Waals surface area contributed by atoms with Gasteiger partial charge in [-0.1, -0.05) is 36.4 Å². The van der Waals surface area contributed by atoms with Crippen LogP contribution in [0.25, 0.3) is 0 Å². The second-order valence-electron chi connectivity index (χ2n) is 7.50. The summed E-state index contributed by atoms with van der Waals surface area (Å²) in [7, 11) is 0. The number of halogens is 1. The molecule has 8 nitrogen and oxygen atoms in total. The molecule has 32 heavy (non-hydrogen) atoms. The average Bonchev–Trinajstić information content (AvgIpc) is 3.31. The zero-order valence-electron chi connectivity index (χ0n) is 16.5. The summed E-state index contributed by atoms with van der Waals surface area (Å²) in [4.78, 5) is 44.3. The van der Waals surface area contributed by atoms with Crippen molar-refractivity contribution in [1.82, 2.24) is 0 Å². The van der Waals surface area contributed by atoms with E-state index in [0.717, 1.165) is 4.90 Å². The number of nitrogens with zero attached hydrogens (tertiary/aromatic N) is 3. The van der Waals surface area contributed by atoms with E-state index in [1.54, 1.807) is 30.3 Å². The summed E-state index contributed by atoms with van der Waals surface area (Å²) in [6.45, 7) is 0. The van der Waals surface area contributed by atoms with Crippen LogP contribution in [0.3, 0.4) is 0 Å². The fourth-order valence-electron chi connectivity index (χ4n) is 4.22. The zero-order valence-corrected chi connectivity index (χ0v) is 16.5. The number of nitro groups is 1. The number of carbonyl (C=O) groups is 2. The van der Waals surface area contributed by atoms with Crippen LogP contribution in [0.1, 0.15) is 11.6 Å². The number of amides is 2. The van der Waals surface area contributed by atoms with Crippen LogP contribution >= 0.6 is 0 Å². The van der Waals surface area contributed by atoms with E-state index < -0.39 is 40.6 Å². The highest BCUT2D eigenvalue weighted by atomic mass is 19.1. The van der Waals surface area contributed by atoms with Gasteiger partial charge in [-0.15, -0.1) is 0 Å². The number of imide groups is 1. The maximum atomic E-state index is 13.4. The topological polar surface area (TPSA) is 93.0 Å². The third kappa shape index (κ3) is 3.10. The molecule has 0 radical (unpaired) electrons. The predicted octanol–water partition coefficient (Wildman–Crippen LogP) is 3.79. The van der Waals surface area contributed by atoms with Crippen molar-refractivity contribution in [2.45, 2.75) is 12.1 Å². The molecule has 3 aromatic rings. The van der Waals surface area contributed by atoms with Gasteiger partial charge in [0.2, 0.25) is 5.91 Å². The lowest BCUT2D eigenvalue weighted by Gasteiger charge is -2.28. The smallest absolute Gasteiger partial charge is 0.271 e. The fourth-order valence-corrected chi connectivity index (χ4v) is 4.22. The molecule has 0 unspecified atom stereocenters. The molecule has 3 atom stereocenters. The molecule has 2 aliphatic rings. The maximum Gasteiger partial charge on any atom is 0.271 e. The van der Waals surface area contributed by atoms with Gasteiger partial charge in [0.05, 0.1) is 22.3 Å². The van der Waals surface area contributed by atoms with Gasteiger partial charge in [-0.2, -0.15) is 0 Å². The van der Waals surface area contributed by atoms with Crippen molar-refractivity contribution in [3.63, 3.8) is 0 Å². The normalized spacial score (nSPS) is 22.3. The Labute approximate surface area is 181 Å². The van der Waals surface area contributed by atoms with Gasteiger partial charge in [0.1, 0.15) is 11.7 Å². The summed E-state index contributed by atoms with van der Waals surface area (Å²) in [5.74, 6) is -2.41. The molecule has 2 heterocycles. The Kier molecular flexibility index (Phi) is 4.67. The number of non-ortho nitro benzene ring substituents is 1. The second kappa shape index (κ2) is 7.54. The minimum atomic E-state index is -1.11. The van der Waals surface area contributed by atoms with Crippen LogP contribution in [0.4, 0.5) is 21.5 Å². The molecule has 2 saturated heterocycles. The number of hydrogen-bond donors (Lipinski definition) is 0. The number of rotatable bonds is 4. The molecule has 0 spiro atoms. The van der Waals surface area contributed by atoms with E-state index in [0.29, 0.717) is 11.3 Å². The summed E-state index contributed by atoms with van der Waals surface area (Å²) in [6.07, 6.45) is -1.11. The molecule has 0 saturated carbocycles. The maximum absolute atomic E-state index is 13.4.